The van der Waals surface area contributed by atoms with Crippen LogP contribution in [0, 0.1) is 13.8 Å². The zero-order chi connectivity index (χ0) is 25.9. The molecule has 0 unspecified atom stereocenters. The molecule has 0 atom stereocenters. The number of rotatable bonds is 5. The summed E-state index contributed by atoms with van der Waals surface area (Å²) in [5, 5.41) is 13.2. The summed E-state index contributed by atoms with van der Waals surface area (Å²) in [4.78, 5) is 32.6. The molecule has 0 saturated carbocycles. The van der Waals surface area contributed by atoms with E-state index in [9.17, 15) is 14.7 Å². The molecule has 4 aromatic rings. The number of aliphatic imine (C=N–C) groups is 1. The van der Waals surface area contributed by atoms with Gasteiger partial charge in [0, 0.05) is 22.4 Å². The van der Waals surface area contributed by atoms with Crippen LogP contribution in [0.2, 0.25) is 0 Å². The Balaban J connectivity index is 1.47. The number of anilines is 2. The molecule has 2 N–H and O–H groups in total. The first-order chi connectivity index (χ1) is 17.9. The van der Waals surface area contributed by atoms with Gasteiger partial charge in [-0.15, -0.1) is 0 Å². The molecule has 6 heteroatoms. The van der Waals surface area contributed by atoms with E-state index in [1.165, 1.54) is 4.90 Å². The number of phenols is 1. The molecule has 0 aliphatic carbocycles. The molecule has 37 heavy (non-hydrogen) atoms. The maximum atomic E-state index is 13.5. The van der Waals surface area contributed by atoms with Crippen LogP contribution in [0.5, 0.6) is 5.75 Å². The maximum absolute atomic E-state index is 13.5. The first-order valence-electron chi connectivity index (χ1n) is 11.9. The summed E-state index contributed by atoms with van der Waals surface area (Å²) in [6.07, 6.45) is 1.58. The molecule has 0 radical (unpaired) electrons. The molecule has 0 aromatic heterocycles. The van der Waals surface area contributed by atoms with E-state index in [2.05, 4.69) is 10.3 Å². The normalized spacial score (nSPS) is 14.1. The SMILES string of the molecule is Cc1cccc(C)c1NC(=O)c1ccc(N2C(=O)C(=Cc3ccccc3O)N=C2c2ccccc2)cc1. The lowest BCUT2D eigenvalue weighted by atomic mass is 10.1. The Kier molecular flexibility index (Phi) is 6.39. The van der Waals surface area contributed by atoms with E-state index in [0.717, 1.165) is 22.4 Å². The van der Waals surface area contributed by atoms with Gasteiger partial charge >= 0.3 is 0 Å². The van der Waals surface area contributed by atoms with Gasteiger partial charge in [0.1, 0.15) is 17.3 Å². The molecular weight excluding hydrogens is 462 g/mol. The Bertz CT molecular complexity index is 1530. The molecule has 0 saturated heterocycles. The van der Waals surface area contributed by atoms with Gasteiger partial charge in [0.2, 0.25) is 0 Å². The van der Waals surface area contributed by atoms with E-state index in [1.807, 2.05) is 62.4 Å². The van der Waals surface area contributed by atoms with Crippen molar-refractivity contribution in [3.8, 4) is 5.75 Å². The van der Waals surface area contributed by atoms with Crippen molar-refractivity contribution in [2.45, 2.75) is 13.8 Å². The van der Waals surface area contributed by atoms with E-state index in [0.29, 0.717) is 22.6 Å². The number of carbonyl (C=O) groups excluding carboxylic acids is 2. The molecule has 5 rings (SSSR count). The molecule has 6 nitrogen and oxygen atoms in total. The Morgan fingerprint density at radius 3 is 2.16 bits per heavy atom. The van der Waals surface area contributed by atoms with Crippen molar-refractivity contribution < 1.29 is 14.7 Å². The highest BCUT2D eigenvalue weighted by atomic mass is 16.3. The van der Waals surface area contributed by atoms with Crippen molar-refractivity contribution in [2.24, 2.45) is 4.99 Å². The van der Waals surface area contributed by atoms with E-state index < -0.39 is 0 Å². The molecule has 2 amide bonds. The maximum Gasteiger partial charge on any atom is 0.282 e. The van der Waals surface area contributed by atoms with Gasteiger partial charge in [-0.3, -0.25) is 14.5 Å². The molecular formula is C31H25N3O3. The number of hydrogen-bond acceptors (Lipinski definition) is 4. The Morgan fingerprint density at radius 2 is 1.49 bits per heavy atom. The van der Waals surface area contributed by atoms with Gasteiger partial charge in [-0.1, -0.05) is 66.7 Å². The van der Waals surface area contributed by atoms with Gasteiger partial charge < -0.3 is 10.4 Å². The summed E-state index contributed by atoms with van der Waals surface area (Å²) < 4.78 is 0. The molecule has 0 bridgehead atoms. The van der Waals surface area contributed by atoms with Gasteiger partial charge in [-0.05, 0) is 61.4 Å². The summed E-state index contributed by atoms with van der Waals surface area (Å²) in [7, 11) is 0. The van der Waals surface area contributed by atoms with Crippen molar-refractivity contribution >= 4 is 35.1 Å². The average Bonchev–Trinajstić information content (AvgIpc) is 3.24. The summed E-state index contributed by atoms with van der Waals surface area (Å²) >= 11 is 0. The van der Waals surface area contributed by atoms with Gasteiger partial charge in [0.15, 0.2) is 0 Å². The average molecular weight is 488 g/mol. The van der Waals surface area contributed by atoms with Crippen LogP contribution in [0.15, 0.2) is 108 Å². The van der Waals surface area contributed by atoms with Crippen LogP contribution < -0.4 is 10.2 Å². The molecule has 1 aliphatic heterocycles. The number of amides is 2. The number of phenolic OH excluding ortho intramolecular Hbond substituents is 1. The molecule has 0 spiro atoms. The third-order valence-corrected chi connectivity index (χ3v) is 6.23. The van der Waals surface area contributed by atoms with E-state index in [1.54, 1.807) is 54.6 Å². The highest BCUT2D eigenvalue weighted by Gasteiger charge is 2.32. The second-order valence-electron chi connectivity index (χ2n) is 8.80. The number of nitrogens with one attached hydrogen (secondary N) is 1. The Morgan fingerprint density at radius 1 is 0.838 bits per heavy atom. The van der Waals surface area contributed by atoms with Crippen LogP contribution >= 0.6 is 0 Å². The third kappa shape index (κ3) is 4.77. The second-order valence-corrected chi connectivity index (χ2v) is 8.80. The van der Waals surface area contributed by atoms with E-state index in [-0.39, 0.29) is 23.3 Å². The highest BCUT2D eigenvalue weighted by Crippen LogP contribution is 2.30. The summed E-state index contributed by atoms with van der Waals surface area (Å²) in [6, 6.07) is 28.9. The number of aryl methyl sites for hydroxylation is 2. The van der Waals surface area contributed by atoms with Gasteiger partial charge in [0.05, 0.1) is 5.69 Å². The van der Waals surface area contributed by atoms with Gasteiger partial charge in [-0.25, -0.2) is 4.99 Å². The number of amidine groups is 1. The number of hydrogen-bond donors (Lipinski definition) is 2. The first kappa shape index (κ1) is 23.8. The molecule has 1 heterocycles. The number of carbonyl (C=O) groups is 2. The predicted octanol–water partition coefficient (Wildman–Crippen LogP) is 6.10. The van der Waals surface area contributed by atoms with Crippen molar-refractivity contribution in [2.75, 3.05) is 10.2 Å². The smallest absolute Gasteiger partial charge is 0.282 e. The van der Waals surface area contributed by atoms with Crippen molar-refractivity contribution in [1.82, 2.24) is 0 Å². The van der Waals surface area contributed by atoms with Crippen molar-refractivity contribution in [1.29, 1.82) is 0 Å². The monoisotopic (exact) mass is 487 g/mol. The summed E-state index contributed by atoms with van der Waals surface area (Å²) in [5.74, 6) is -0.0133. The van der Waals surface area contributed by atoms with Crippen molar-refractivity contribution in [3.05, 3.63) is 131 Å². The van der Waals surface area contributed by atoms with E-state index >= 15 is 0 Å². The third-order valence-electron chi connectivity index (χ3n) is 6.23. The highest BCUT2D eigenvalue weighted by molar-refractivity contribution is 6.33. The lowest BCUT2D eigenvalue weighted by Gasteiger charge is -2.19. The van der Waals surface area contributed by atoms with E-state index in [4.69, 9.17) is 0 Å². The number of benzene rings is 4. The zero-order valence-corrected chi connectivity index (χ0v) is 20.5. The van der Waals surface area contributed by atoms with Gasteiger partial charge in [-0.2, -0.15) is 0 Å². The molecule has 182 valence electrons. The Labute approximate surface area is 215 Å². The fourth-order valence-corrected chi connectivity index (χ4v) is 4.25. The zero-order valence-electron chi connectivity index (χ0n) is 20.5. The molecule has 4 aromatic carbocycles. The first-order valence-corrected chi connectivity index (χ1v) is 11.9. The van der Waals surface area contributed by atoms with Crippen LogP contribution in [0.4, 0.5) is 11.4 Å². The van der Waals surface area contributed by atoms with Crippen LogP contribution in [-0.2, 0) is 4.79 Å². The lowest BCUT2D eigenvalue weighted by Crippen LogP contribution is -2.32. The van der Waals surface area contributed by atoms with Crippen LogP contribution in [-0.4, -0.2) is 22.8 Å². The minimum atomic E-state index is -0.324. The number of nitrogens with zero attached hydrogens (tertiary/aromatic N) is 2. The topological polar surface area (TPSA) is 82.0 Å². The molecule has 1 aliphatic rings. The van der Waals surface area contributed by atoms with Crippen LogP contribution in [0.3, 0.4) is 0 Å². The second kappa shape index (κ2) is 9.95. The molecule has 0 fully saturated rings. The minimum absolute atomic E-state index is 0.0666. The van der Waals surface area contributed by atoms with Crippen LogP contribution in [0.1, 0.15) is 32.6 Å². The number of para-hydroxylation sites is 2. The summed E-state index contributed by atoms with van der Waals surface area (Å²) in [5.41, 5.74) is 5.30. The lowest BCUT2D eigenvalue weighted by molar-refractivity contribution is -0.113. The fourth-order valence-electron chi connectivity index (χ4n) is 4.25. The fraction of sp³-hybridized carbons (Fsp3) is 0.0645. The summed E-state index contributed by atoms with van der Waals surface area (Å²) in [6.45, 7) is 3.91. The Hall–Kier alpha value is -4.97. The van der Waals surface area contributed by atoms with Crippen LogP contribution in [0.25, 0.3) is 6.08 Å². The quantitative estimate of drug-likeness (QED) is 0.334. The largest absolute Gasteiger partial charge is 0.507 e. The standard InChI is InChI=1S/C31H25N3O3/c1-20-9-8-10-21(2)28(20)33-30(36)23-15-17-25(18-16-23)34-29(22-11-4-3-5-12-22)32-26(31(34)37)19-24-13-6-7-14-27(24)35/h3-19,35H,1-2H3,(H,33,36). The van der Waals surface area contributed by atoms with Gasteiger partial charge in [0.25, 0.3) is 11.8 Å². The number of aromatic hydroxyl groups is 1. The predicted molar refractivity (Wildman–Crippen MR) is 147 cm³/mol. The minimum Gasteiger partial charge on any atom is -0.507 e. The van der Waals surface area contributed by atoms with Crippen molar-refractivity contribution in [3.63, 3.8) is 0 Å².